The number of ether oxygens (including phenoxy) is 2. The molecule has 1 aliphatic rings. The van der Waals surface area contributed by atoms with E-state index < -0.39 is 0 Å². The molecule has 0 atom stereocenters. The van der Waals surface area contributed by atoms with Crippen molar-refractivity contribution >= 4 is 5.91 Å². The Balaban J connectivity index is 1.95. The summed E-state index contributed by atoms with van der Waals surface area (Å²) in [5.41, 5.74) is 0.543. The zero-order valence-corrected chi connectivity index (χ0v) is 11.4. The minimum atomic E-state index is -0.112. The molecule has 0 fully saturated rings. The number of amides is 1. The van der Waals surface area contributed by atoms with Crippen molar-refractivity contribution in [3.05, 3.63) is 30.2 Å². The number of carbonyl (C=O) groups excluding carboxylic acids is 1. The molecule has 0 aliphatic carbocycles. The molecule has 0 saturated heterocycles. The van der Waals surface area contributed by atoms with Gasteiger partial charge in [-0.25, -0.2) is 0 Å². The van der Waals surface area contributed by atoms with Crippen molar-refractivity contribution < 1.29 is 14.3 Å². The summed E-state index contributed by atoms with van der Waals surface area (Å²) in [4.78, 5) is 12.1. The van der Waals surface area contributed by atoms with Crippen LogP contribution in [0.4, 0.5) is 0 Å². The predicted molar refractivity (Wildman–Crippen MR) is 73.5 cm³/mol. The number of nitrogens with one attached hydrogen (secondary N) is 1. The summed E-state index contributed by atoms with van der Waals surface area (Å²) < 4.78 is 11.0. The van der Waals surface area contributed by atoms with Crippen LogP contribution in [0.15, 0.2) is 18.2 Å². The van der Waals surface area contributed by atoms with Crippen LogP contribution in [0.3, 0.4) is 0 Å². The fraction of sp³-hybridized carbons (Fsp3) is 0.467. The average Bonchev–Trinajstić information content (AvgIpc) is 2.42. The van der Waals surface area contributed by atoms with E-state index in [1.807, 2.05) is 12.1 Å². The molecular weight excluding hydrogens is 242 g/mol. The molecule has 1 aromatic carbocycles. The maximum absolute atomic E-state index is 12.1. The highest BCUT2D eigenvalue weighted by Gasteiger charge is 2.19. The first-order valence-electron chi connectivity index (χ1n) is 6.68. The van der Waals surface area contributed by atoms with Gasteiger partial charge in [-0.15, -0.1) is 0 Å². The topological polar surface area (TPSA) is 47.6 Å². The van der Waals surface area contributed by atoms with Gasteiger partial charge in [0.2, 0.25) is 0 Å². The average molecular weight is 262 g/mol. The third-order valence-electron chi connectivity index (χ3n) is 2.88. The standard InChI is InChI=1S/C15H20NO3/c1-11(2)5-4-8-16-15(17)12-6-3-7-13-14(12)19-10-9-18-13/h3,5-7,11H,4,8-10H2,1-2H3,(H,16,17). The lowest BCUT2D eigenvalue weighted by Crippen LogP contribution is -2.26. The van der Waals surface area contributed by atoms with Crippen molar-refractivity contribution in [3.8, 4) is 11.5 Å². The van der Waals surface area contributed by atoms with E-state index in [0.717, 1.165) is 6.42 Å². The molecule has 4 heteroatoms. The van der Waals surface area contributed by atoms with Gasteiger partial charge in [-0.05, 0) is 30.9 Å². The maximum atomic E-state index is 12.1. The largest absolute Gasteiger partial charge is 0.486 e. The second-order valence-electron chi connectivity index (χ2n) is 4.85. The number of fused-ring (bicyclic) bond motifs is 1. The molecule has 1 amide bonds. The minimum absolute atomic E-state index is 0.112. The molecule has 1 aliphatic heterocycles. The molecule has 1 N–H and O–H groups in total. The van der Waals surface area contributed by atoms with Crippen molar-refractivity contribution in [1.29, 1.82) is 0 Å². The molecule has 19 heavy (non-hydrogen) atoms. The quantitative estimate of drug-likeness (QED) is 0.829. The Morgan fingerprint density at radius 1 is 1.37 bits per heavy atom. The highest BCUT2D eigenvalue weighted by atomic mass is 16.6. The van der Waals surface area contributed by atoms with Crippen molar-refractivity contribution in [1.82, 2.24) is 5.32 Å². The minimum Gasteiger partial charge on any atom is -0.486 e. The van der Waals surface area contributed by atoms with Crippen molar-refractivity contribution in [3.63, 3.8) is 0 Å². The fourth-order valence-corrected chi connectivity index (χ4v) is 1.95. The second kappa shape index (κ2) is 6.45. The summed E-state index contributed by atoms with van der Waals surface area (Å²) >= 11 is 0. The van der Waals surface area contributed by atoms with Gasteiger partial charge in [0.1, 0.15) is 13.2 Å². The van der Waals surface area contributed by atoms with Gasteiger partial charge in [-0.2, -0.15) is 0 Å². The monoisotopic (exact) mass is 262 g/mol. The van der Waals surface area contributed by atoms with Gasteiger partial charge in [0.05, 0.1) is 5.56 Å². The summed E-state index contributed by atoms with van der Waals surface area (Å²) in [6, 6.07) is 5.38. The van der Waals surface area contributed by atoms with Crippen LogP contribution in [0.1, 0.15) is 30.6 Å². The molecular formula is C15H20NO3. The van der Waals surface area contributed by atoms with Crippen LogP contribution >= 0.6 is 0 Å². The van der Waals surface area contributed by atoms with E-state index in [-0.39, 0.29) is 5.91 Å². The third kappa shape index (κ3) is 3.63. The number of benzene rings is 1. The van der Waals surface area contributed by atoms with Crippen LogP contribution in [-0.4, -0.2) is 25.7 Å². The van der Waals surface area contributed by atoms with Gasteiger partial charge in [0.25, 0.3) is 5.91 Å². The predicted octanol–water partition coefficient (Wildman–Crippen LogP) is 2.44. The third-order valence-corrected chi connectivity index (χ3v) is 2.88. The van der Waals surface area contributed by atoms with E-state index in [4.69, 9.17) is 9.47 Å². The van der Waals surface area contributed by atoms with E-state index in [1.165, 1.54) is 0 Å². The van der Waals surface area contributed by atoms with E-state index in [1.54, 1.807) is 6.07 Å². The fourth-order valence-electron chi connectivity index (χ4n) is 1.95. The van der Waals surface area contributed by atoms with Crippen molar-refractivity contribution in [2.24, 2.45) is 5.92 Å². The Morgan fingerprint density at radius 3 is 2.95 bits per heavy atom. The lowest BCUT2D eigenvalue weighted by Gasteiger charge is -2.20. The van der Waals surface area contributed by atoms with Crippen LogP contribution in [0.2, 0.25) is 0 Å². The first-order chi connectivity index (χ1) is 9.18. The molecule has 103 valence electrons. The van der Waals surface area contributed by atoms with Crippen LogP contribution in [0, 0.1) is 12.3 Å². The lowest BCUT2D eigenvalue weighted by molar-refractivity contribution is 0.0942. The molecule has 2 rings (SSSR count). The van der Waals surface area contributed by atoms with Gasteiger partial charge >= 0.3 is 0 Å². The molecule has 1 aromatic rings. The number of hydrogen-bond donors (Lipinski definition) is 1. The molecule has 0 aromatic heterocycles. The maximum Gasteiger partial charge on any atom is 0.255 e. The van der Waals surface area contributed by atoms with Crippen LogP contribution < -0.4 is 14.8 Å². The number of rotatable bonds is 5. The Bertz CT molecular complexity index is 443. The Kier molecular flexibility index (Phi) is 4.66. The van der Waals surface area contributed by atoms with Gasteiger partial charge in [0.15, 0.2) is 11.5 Å². The van der Waals surface area contributed by atoms with E-state index in [2.05, 4.69) is 25.6 Å². The summed E-state index contributed by atoms with van der Waals surface area (Å²) in [5.74, 6) is 1.63. The zero-order chi connectivity index (χ0) is 13.7. The first kappa shape index (κ1) is 13.7. The highest BCUT2D eigenvalue weighted by molar-refractivity contribution is 5.97. The van der Waals surface area contributed by atoms with Gasteiger partial charge in [0, 0.05) is 6.54 Å². The molecule has 1 heterocycles. The van der Waals surface area contributed by atoms with Crippen LogP contribution in [-0.2, 0) is 0 Å². The zero-order valence-electron chi connectivity index (χ0n) is 11.4. The van der Waals surface area contributed by atoms with E-state index >= 15 is 0 Å². The van der Waals surface area contributed by atoms with Gasteiger partial charge in [-0.1, -0.05) is 19.9 Å². The Hall–Kier alpha value is -1.71. The van der Waals surface area contributed by atoms with Crippen LogP contribution in [0.5, 0.6) is 11.5 Å². The molecule has 0 bridgehead atoms. The van der Waals surface area contributed by atoms with Gasteiger partial charge < -0.3 is 14.8 Å². The molecule has 0 spiro atoms. The summed E-state index contributed by atoms with van der Waals surface area (Å²) in [6.07, 6.45) is 3.05. The highest BCUT2D eigenvalue weighted by Crippen LogP contribution is 2.33. The number of hydrogen-bond acceptors (Lipinski definition) is 3. The first-order valence-corrected chi connectivity index (χ1v) is 6.68. The number of para-hydroxylation sites is 1. The molecule has 0 saturated carbocycles. The van der Waals surface area contributed by atoms with Crippen molar-refractivity contribution in [2.75, 3.05) is 19.8 Å². The lowest BCUT2D eigenvalue weighted by atomic mass is 10.1. The summed E-state index contributed by atoms with van der Waals surface area (Å²) in [7, 11) is 0. The van der Waals surface area contributed by atoms with E-state index in [0.29, 0.717) is 42.7 Å². The Morgan fingerprint density at radius 2 is 2.16 bits per heavy atom. The summed E-state index contributed by atoms with van der Waals surface area (Å²) in [6.45, 7) is 5.91. The van der Waals surface area contributed by atoms with E-state index in [9.17, 15) is 4.79 Å². The molecule has 4 nitrogen and oxygen atoms in total. The molecule has 0 unspecified atom stereocenters. The second-order valence-corrected chi connectivity index (χ2v) is 4.85. The van der Waals surface area contributed by atoms with Crippen molar-refractivity contribution in [2.45, 2.75) is 20.3 Å². The van der Waals surface area contributed by atoms with Gasteiger partial charge in [-0.3, -0.25) is 4.79 Å². The smallest absolute Gasteiger partial charge is 0.255 e. The Labute approximate surface area is 114 Å². The normalized spacial score (nSPS) is 13.4. The van der Waals surface area contributed by atoms with Crippen LogP contribution in [0.25, 0.3) is 0 Å². The number of carbonyl (C=O) groups is 1. The SMILES string of the molecule is CC(C)[CH]CCNC(=O)c1cccc2c1OCCO2. The molecule has 1 radical (unpaired) electrons. The summed E-state index contributed by atoms with van der Waals surface area (Å²) in [5, 5.41) is 2.90.